The Bertz CT molecular complexity index is 777. The average molecular weight is 346 g/mol. The molecule has 0 heterocycles. The monoisotopic (exact) mass is 346 g/mol. The number of nitrogens with zero attached hydrogens (tertiary/aromatic N) is 1. The van der Waals surface area contributed by atoms with Gasteiger partial charge in [-0.1, -0.05) is 12.1 Å². The highest BCUT2D eigenvalue weighted by molar-refractivity contribution is 5.94. The molecule has 1 amide bonds. The number of hydrogen-bond donors (Lipinski definition) is 3. The summed E-state index contributed by atoms with van der Waals surface area (Å²) < 4.78 is 26.8. The van der Waals surface area contributed by atoms with Gasteiger partial charge in [0.25, 0.3) is 5.91 Å². The Morgan fingerprint density at radius 2 is 1.84 bits per heavy atom. The first-order valence-electron chi connectivity index (χ1n) is 7.73. The van der Waals surface area contributed by atoms with Gasteiger partial charge in [0.05, 0.1) is 0 Å². The van der Waals surface area contributed by atoms with Gasteiger partial charge in [-0.25, -0.2) is 8.78 Å². The van der Waals surface area contributed by atoms with E-state index in [1.807, 2.05) is 6.07 Å². The van der Waals surface area contributed by atoms with Crippen LogP contribution in [-0.2, 0) is 13.1 Å². The van der Waals surface area contributed by atoms with Crippen molar-refractivity contribution in [2.45, 2.75) is 13.1 Å². The number of carbonyl (C=O) groups is 1. The van der Waals surface area contributed by atoms with E-state index in [0.29, 0.717) is 18.1 Å². The molecule has 0 atom stereocenters. The Kier molecular flexibility index (Phi) is 6.45. The minimum atomic E-state index is -0.493. The van der Waals surface area contributed by atoms with Crippen LogP contribution in [0.25, 0.3) is 0 Å². The first kappa shape index (κ1) is 18.4. The van der Waals surface area contributed by atoms with E-state index in [-0.39, 0.29) is 18.0 Å². The van der Waals surface area contributed by atoms with Gasteiger partial charge in [-0.2, -0.15) is 0 Å². The Hall–Kier alpha value is -2.96. The number of hydrogen-bond acceptors (Lipinski definition) is 2. The predicted octanol–water partition coefficient (Wildman–Crippen LogP) is 2.19. The molecule has 7 heteroatoms. The standard InChI is InChI=1S/C18H20F2N4O/c1-21-17(25)13-5-3-4-12(8-13)10-23-18(22-2)24-11-14-9-15(19)6-7-16(14)20/h3-9H,10-11H2,1-2H3,(H,21,25)(H2,22,23,24). The van der Waals surface area contributed by atoms with Gasteiger partial charge in [0.15, 0.2) is 5.96 Å². The van der Waals surface area contributed by atoms with Crippen LogP contribution >= 0.6 is 0 Å². The summed E-state index contributed by atoms with van der Waals surface area (Å²) in [7, 11) is 3.16. The Morgan fingerprint density at radius 3 is 2.56 bits per heavy atom. The maximum atomic E-state index is 13.6. The SMILES string of the molecule is CN=C(NCc1cccc(C(=O)NC)c1)NCc1cc(F)ccc1F. The van der Waals surface area contributed by atoms with E-state index in [9.17, 15) is 13.6 Å². The Balaban J connectivity index is 1.94. The first-order chi connectivity index (χ1) is 12.0. The highest BCUT2D eigenvalue weighted by Crippen LogP contribution is 2.09. The van der Waals surface area contributed by atoms with Crippen molar-refractivity contribution in [1.82, 2.24) is 16.0 Å². The fourth-order valence-electron chi connectivity index (χ4n) is 2.23. The summed E-state index contributed by atoms with van der Waals surface area (Å²) in [6, 6.07) is 10.5. The van der Waals surface area contributed by atoms with Crippen LogP contribution in [0.2, 0.25) is 0 Å². The van der Waals surface area contributed by atoms with Crippen molar-refractivity contribution in [2.75, 3.05) is 14.1 Å². The summed E-state index contributed by atoms with van der Waals surface area (Å²) in [5.41, 5.74) is 1.66. The summed E-state index contributed by atoms with van der Waals surface area (Å²) in [5.74, 6) is -0.699. The Morgan fingerprint density at radius 1 is 1.08 bits per heavy atom. The summed E-state index contributed by atoms with van der Waals surface area (Å²) in [5, 5.41) is 8.56. The molecule has 0 aromatic heterocycles. The fourth-order valence-corrected chi connectivity index (χ4v) is 2.23. The van der Waals surface area contributed by atoms with Crippen molar-refractivity contribution in [3.63, 3.8) is 0 Å². The molecule has 0 saturated carbocycles. The number of carbonyl (C=O) groups excluding carboxylic acids is 1. The van der Waals surface area contributed by atoms with Gasteiger partial charge < -0.3 is 16.0 Å². The zero-order chi connectivity index (χ0) is 18.2. The minimum absolute atomic E-state index is 0.0988. The van der Waals surface area contributed by atoms with Crippen LogP contribution in [0, 0.1) is 11.6 Å². The molecule has 5 nitrogen and oxygen atoms in total. The number of benzene rings is 2. The second-order valence-electron chi connectivity index (χ2n) is 5.29. The number of rotatable bonds is 5. The lowest BCUT2D eigenvalue weighted by Gasteiger charge is -2.13. The summed E-state index contributed by atoms with van der Waals surface area (Å²) >= 11 is 0. The van der Waals surface area contributed by atoms with Crippen LogP contribution in [0.3, 0.4) is 0 Å². The van der Waals surface area contributed by atoms with Crippen molar-refractivity contribution >= 4 is 11.9 Å². The maximum absolute atomic E-state index is 13.6. The molecular weight excluding hydrogens is 326 g/mol. The molecule has 3 N–H and O–H groups in total. The quantitative estimate of drug-likeness (QED) is 0.574. The third kappa shape index (κ3) is 5.27. The van der Waals surface area contributed by atoms with E-state index in [1.54, 1.807) is 32.3 Å². The lowest BCUT2D eigenvalue weighted by Crippen LogP contribution is -2.36. The molecule has 0 unspecified atom stereocenters. The lowest BCUT2D eigenvalue weighted by molar-refractivity contribution is 0.0963. The molecular formula is C18H20F2N4O. The van der Waals surface area contributed by atoms with Crippen molar-refractivity contribution in [3.8, 4) is 0 Å². The van der Waals surface area contributed by atoms with Gasteiger partial charge in [-0.3, -0.25) is 9.79 Å². The molecule has 0 fully saturated rings. The molecule has 0 spiro atoms. The van der Waals surface area contributed by atoms with E-state index in [4.69, 9.17) is 0 Å². The third-order valence-corrected chi connectivity index (χ3v) is 3.55. The second-order valence-corrected chi connectivity index (χ2v) is 5.29. The van der Waals surface area contributed by atoms with Gasteiger partial charge in [0.2, 0.25) is 0 Å². The van der Waals surface area contributed by atoms with Crippen molar-refractivity contribution in [3.05, 3.63) is 70.8 Å². The van der Waals surface area contributed by atoms with Crippen LogP contribution in [0.5, 0.6) is 0 Å². The molecule has 2 aromatic carbocycles. The molecule has 2 aromatic rings. The predicted molar refractivity (Wildman–Crippen MR) is 93.2 cm³/mol. The molecule has 25 heavy (non-hydrogen) atoms. The number of guanidine groups is 1. The zero-order valence-electron chi connectivity index (χ0n) is 14.1. The average Bonchev–Trinajstić information content (AvgIpc) is 2.64. The molecule has 0 aliphatic carbocycles. The van der Waals surface area contributed by atoms with Crippen molar-refractivity contribution < 1.29 is 13.6 Å². The van der Waals surface area contributed by atoms with Gasteiger partial charge >= 0.3 is 0 Å². The van der Waals surface area contributed by atoms with E-state index in [2.05, 4.69) is 20.9 Å². The maximum Gasteiger partial charge on any atom is 0.251 e. The molecule has 132 valence electrons. The Labute approximate surface area is 145 Å². The number of amides is 1. The highest BCUT2D eigenvalue weighted by atomic mass is 19.1. The second kappa shape index (κ2) is 8.77. The van der Waals surface area contributed by atoms with Crippen LogP contribution in [0.15, 0.2) is 47.5 Å². The molecule has 0 saturated heterocycles. The normalized spacial score (nSPS) is 11.1. The third-order valence-electron chi connectivity index (χ3n) is 3.55. The molecule has 0 bridgehead atoms. The van der Waals surface area contributed by atoms with E-state index >= 15 is 0 Å². The van der Waals surface area contributed by atoms with Gasteiger partial charge in [-0.15, -0.1) is 0 Å². The van der Waals surface area contributed by atoms with Crippen LogP contribution in [0.4, 0.5) is 8.78 Å². The smallest absolute Gasteiger partial charge is 0.251 e. The van der Waals surface area contributed by atoms with E-state index < -0.39 is 11.6 Å². The minimum Gasteiger partial charge on any atom is -0.355 e. The van der Waals surface area contributed by atoms with Gasteiger partial charge in [0.1, 0.15) is 11.6 Å². The molecule has 2 rings (SSSR count). The molecule has 0 aliphatic heterocycles. The lowest BCUT2D eigenvalue weighted by atomic mass is 10.1. The molecule has 0 aliphatic rings. The van der Waals surface area contributed by atoms with Crippen LogP contribution < -0.4 is 16.0 Å². The summed E-state index contributed by atoms with van der Waals surface area (Å²) in [6.07, 6.45) is 0. The number of halogens is 2. The first-order valence-corrected chi connectivity index (χ1v) is 7.73. The fraction of sp³-hybridized carbons (Fsp3) is 0.222. The van der Waals surface area contributed by atoms with Gasteiger partial charge in [-0.05, 0) is 35.9 Å². The largest absolute Gasteiger partial charge is 0.355 e. The van der Waals surface area contributed by atoms with E-state index in [0.717, 1.165) is 23.8 Å². The van der Waals surface area contributed by atoms with Crippen molar-refractivity contribution in [1.29, 1.82) is 0 Å². The van der Waals surface area contributed by atoms with Crippen molar-refractivity contribution in [2.24, 2.45) is 4.99 Å². The van der Waals surface area contributed by atoms with Crippen LogP contribution in [-0.4, -0.2) is 26.0 Å². The van der Waals surface area contributed by atoms with Crippen LogP contribution in [0.1, 0.15) is 21.5 Å². The number of nitrogens with one attached hydrogen (secondary N) is 3. The highest BCUT2D eigenvalue weighted by Gasteiger charge is 2.06. The zero-order valence-corrected chi connectivity index (χ0v) is 14.1. The topological polar surface area (TPSA) is 65.5 Å². The van der Waals surface area contributed by atoms with E-state index in [1.165, 1.54) is 0 Å². The summed E-state index contributed by atoms with van der Waals surface area (Å²) in [4.78, 5) is 15.7. The summed E-state index contributed by atoms with van der Waals surface area (Å²) in [6.45, 7) is 0.525. The molecule has 0 radical (unpaired) electrons. The van der Waals surface area contributed by atoms with Gasteiger partial charge in [0, 0.05) is 38.3 Å². The number of aliphatic imine (C=N–C) groups is 1.